The Kier molecular flexibility index (Phi) is 4.57. The van der Waals surface area contributed by atoms with Gasteiger partial charge in [-0.3, -0.25) is 4.79 Å². The monoisotopic (exact) mass is 382 g/mol. The first-order valence-corrected chi connectivity index (χ1v) is 10.1. The normalized spacial score (nSPS) is 12.4. The summed E-state index contributed by atoms with van der Waals surface area (Å²) < 4.78 is 2.03. The van der Waals surface area contributed by atoms with Crippen LogP contribution in [0.3, 0.4) is 0 Å². The number of amides is 1. The molecule has 0 aliphatic rings. The lowest BCUT2D eigenvalue weighted by Crippen LogP contribution is -2.29. The fraction of sp³-hybridized carbons (Fsp3) is 0.211. The Balaban J connectivity index is 1.45. The lowest BCUT2D eigenvalue weighted by molar-refractivity contribution is -0.121. The molecule has 0 spiro atoms. The molecule has 7 heteroatoms. The van der Waals surface area contributed by atoms with Gasteiger partial charge in [-0.05, 0) is 30.5 Å². The molecule has 0 saturated carbocycles. The maximum atomic E-state index is 12.4. The van der Waals surface area contributed by atoms with Gasteiger partial charge in [-0.25, -0.2) is 9.97 Å². The number of carbonyl (C=O) groups is 1. The van der Waals surface area contributed by atoms with Crippen LogP contribution in [0, 0.1) is 0 Å². The predicted molar refractivity (Wildman–Crippen MR) is 106 cm³/mol. The Morgan fingerprint density at radius 2 is 2.04 bits per heavy atom. The molecule has 0 bridgehead atoms. The molecule has 0 fully saturated rings. The highest BCUT2D eigenvalue weighted by Crippen LogP contribution is 2.28. The fourth-order valence-corrected chi connectivity index (χ4v) is 4.61. The van der Waals surface area contributed by atoms with Gasteiger partial charge in [0.05, 0.1) is 34.1 Å². The van der Waals surface area contributed by atoms with Crippen molar-refractivity contribution in [1.29, 1.82) is 0 Å². The Bertz CT molecular complexity index is 1050. The summed E-state index contributed by atoms with van der Waals surface area (Å²) >= 11 is 3.23. The lowest BCUT2D eigenvalue weighted by atomic mass is 10.2. The number of para-hydroxylation sites is 2. The number of nitrogens with zero attached hydrogens (tertiary/aromatic N) is 3. The van der Waals surface area contributed by atoms with Crippen LogP contribution in [0.4, 0.5) is 0 Å². The van der Waals surface area contributed by atoms with E-state index in [0.717, 1.165) is 32.4 Å². The van der Waals surface area contributed by atoms with Gasteiger partial charge in [0, 0.05) is 12.4 Å². The number of aromatic nitrogens is 3. The Hall–Kier alpha value is -2.51. The van der Waals surface area contributed by atoms with Crippen LogP contribution in [0.25, 0.3) is 20.9 Å². The van der Waals surface area contributed by atoms with Crippen LogP contribution < -0.4 is 5.32 Å². The van der Waals surface area contributed by atoms with Gasteiger partial charge in [0.25, 0.3) is 0 Å². The summed E-state index contributed by atoms with van der Waals surface area (Å²) in [5.41, 5.74) is 2.79. The number of imidazole rings is 1. The summed E-state index contributed by atoms with van der Waals surface area (Å²) in [6, 6.07) is 11.8. The number of benzene rings is 1. The molecule has 3 aromatic heterocycles. The zero-order valence-corrected chi connectivity index (χ0v) is 16.1. The van der Waals surface area contributed by atoms with Crippen LogP contribution >= 0.6 is 22.7 Å². The summed E-state index contributed by atoms with van der Waals surface area (Å²) in [5.74, 6) is 0.796. The molecule has 1 amide bonds. The largest absolute Gasteiger partial charge is 0.346 e. The smallest absolute Gasteiger partial charge is 0.226 e. The zero-order chi connectivity index (χ0) is 18.1. The van der Waals surface area contributed by atoms with Crippen molar-refractivity contribution in [2.45, 2.75) is 19.4 Å². The van der Waals surface area contributed by atoms with Gasteiger partial charge < -0.3 is 9.88 Å². The molecule has 0 saturated heterocycles. The van der Waals surface area contributed by atoms with E-state index in [0.29, 0.717) is 0 Å². The van der Waals surface area contributed by atoms with Crippen LogP contribution in [0.5, 0.6) is 0 Å². The molecule has 1 unspecified atom stereocenters. The molecule has 5 nitrogen and oxygen atoms in total. The molecule has 1 N–H and O–H groups in total. The highest BCUT2D eigenvalue weighted by Gasteiger charge is 2.17. The van der Waals surface area contributed by atoms with Gasteiger partial charge in [-0.2, -0.15) is 0 Å². The Labute approximate surface area is 159 Å². The second-order valence-electron chi connectivity index (χ2n) is 6.11. The summed E-state index contributed by atoms with van der Waals surface area (Å²) in [6.07, 6.45) is 0.274. The second kappa shape index (κ2) is 7.01. The summed E-state index contributed by atoms with van der Waals surface area (Å²) in [7, 11) is 1.97. The highest BCUT2D eigenvalue weighted by atomic mass is 32.1. The van der Waals surface area contributed by atoms with Crippen LogP contribution in [0.1, 0.15) is 24.5 Å². The topological polar surface area (TPSA) is 59.8 Å². The van der Waals surface area contributed by atoms with E-state index in [1.165, 1.54) is 0 Å². The minimum absolute atomic E-state index is 0.0485. The van der Waals surface area contributed by atoms with Crippen molar-refractivity contribution in [3.05, 3.63) is 58.7 Å². The van der Waals surface area contributed by atoms with Crippen LogP contribution in [-0.2, 0) is 18.3 Å². The number of thiophene rings is 1. The van der Waals surface area contributed by atoms with E-state index in [9.17, 15) is 4.79 Å². The maximum Gasteiger partial charge on any atom is 0.226 e. The molecule has 4 aromatic rings. The molecule has 132 valence electrons. The summed E-state index contributed by atoms with van der Waals surface area (Å²) in [6.45, 7) is 1.96. The molecule has 1 atom stereocenters. The van der Waals surface area contributed by atoms with Gasteiger partial charge >= 0.3 is 0 Å². The van der Waals surface area contributed by atoms with E-state index in [1.54, 1.807) is 22.7 Å². The van der Waals surface area contributed by atoms with Crippen molar-refractivity contribution in [1.82, 2.24) is 19.9 Å². The average Bonchev–Trinajstić information content (AvgIpc) is 3.35. The van der Waals surface area contributed by atoms with Gasteiger partial charge in [-0.15, -0.1) is 22.7 Å². The predicted octanol–water partition coefficient (Wildman–Crippen LogP) is 4.18. The van der Waals surface area contributed by atoms with Crippen molar-refractivity contribution >= 4 is 39.6 Å². The maximum absolute atomic E-state index is 12.4. The van der Waals surface area contributed by atoms with Crippen LogP contribution in [-0.4, -0.2) is 20.4 Å². The van der Waals surface area contributed by atoms with E-state index in [2.05, 4.69) is 15.3 Å². The summed E-state index contributed by atoms with van der Waals surface area (Å²) in [5, 5.41) is 7.98. The lowest BCUT2D eigenvalue weighted by Gasteiger charge is -2.13. The number of aryl methyl sites for hydroxylation is 1. The van der Waals surface area contributed by atoms with E-state index in [4.69, 9.17) is 0 Å². The molecular formula is C19H18N4OS2. The van der Waals surface area contributed by atoms with E-state index >= 15 is 0 Å². The fourth-order valence-electron chi connectivity index (χ4n) is 2.97. The average molecular weight is 383 g/mol. The number of thiazole rings is 1. The number of nitrogens with one attached hydrogen (secondary N) is 1. The molecule has 0 radical (unpaired) electrons. The Morgan fingerprint density at radius 1 is 1.19 bits per heavy atom. The van der Waals surface area contributed by atoms with Crippen molar-refractivity contribution < 1.29 is 4.79 Å². The van der Waals surface area contributed by atoms with E-state index in [1.807, 2.05) is 65.7 Å². The summed E-state index contributed by atoms with van der Waals surface area (Å²) in [4.78, 5) is 22.8. The van der Waals surface area contributed by atoms with Crippen molar-refractivity contribution in [2.75, 3.05) is 0 Å². The minimum Gasteiger partial charge on any atom is -0.346 e. The van der Waals surface area contributed by atoms with Crippen LogP contribution in [0.2, 0.25) is 0 Å². The van der Waals surface area contributed by atoms with Gasteiger partial charge in [0.2, 0.25) is 5.91 Å². The van der Waals surface area contributed by atoms with E-state index in [-0.39, 0.29) is 18.4 Å². The Morgan fingerprint density at radius 3 is 2.81 bits per heavy atom. The number of hydrogen-bond acceptors (Lipinski definition) is 5. The molecule has 0 aliphatic carbocycles. The van der Waals surface area contributed by atoms with E-state index < -0.39 is 0 Å². The van der Waals surface area contributed by atoms with Gasteiger partial charge in [0.15, 0.2) is 0 Å². The number of carbonyl (C=O) groups excluding carboxylic acids is 1. The highest BCUT2D eigenvalue weighted by molar-refractivity contribution is 7.20. The molecule has 0 aliphatic heterocycles. The quantitative estimate of drug-likeness (QED) is 0.563. The second-order valence-corrected chi connectivity index (χ2v) is 7.91. The first-order chi connectivity index (χ1) is 12.6. The molecular weight excluding hydrogens is 364 g/mol. The van der Waals surface area contributed by atoms with Gasteiger partial charge in [0.1, 0.15) is 10.8 Å². The van der Waals surface area contributed by atoms with Crippen molar-refractivity contribution in [3.63, 3.8) is 0 Å². The van der Waals surface area contributed by atoms with Crippen molar-refractivity contribution in [3.8, 4) is 9.88 Å². The molecule has 1 aromatic carbocycles. The molecule has 3 heterocycles. The third kappa shape index (κ3) is 3.27. The number of rotatable bonds is 5. The third-order valence-corrected chi connectivity index (χ3v) is 6.14. The van der Waals surface area contributed by atoms with Crippen LogP contribution in [0.15, 0.2) is 47.2 Å². The SMILES string of the molecule is CC(NC(=O)Cc1csc(-c2cccs2)n1)c1nc2ccccc2n1C. The molecule has 4 rings (SSSR count). The standard InChI is InChI=1S/C19H18N4OS2/c1-12(18-22-14-6-3-4-7-15(14)23(18)2)20-17(24)10-13-11-26-19(21-13)16-8-5-9-25-16/h3-9,11-12H,10H2,1-2H3,(H,20,24). The number of fused-ring (bicyclic) bond motifs is 1. The van der Waals surface area contributed by atoms with Gasteiger partial charge in [-0.1, -0.05) is 18.2 Å². The van der Waals surface area contributed by atoms with Crippen molar-refractivity contribution in [2.24, 2.45) is 7.05 Å². The third-order valence-electron chi connectivity index (χ3n) is 4.21. The first kappa shape index (κ1) is 16.9. The first-order valence-electron chi connectivity index (χ1n) is 8.31. The number of hydrogen-bond donors (Lipinski definition) is 1. The minimum atomic E-state index is -0.171. The molecule has 26 heavy (non-hydrogen) atoms. The zero-order valence-electron chi connectivity index (χ0n) is 14.5.